The minimum atomic E-state index is 0.478. The Morgan fingerprint density at radius 1 is 1.24 bits per heavy atom. The molecule has 17 heavy (non-hydrogen) atoms. The average Bonchev–Trinajstić information content (AvgIpc) is 2.77. The fourth-order valence-corrected chi connectivity index (χ4v) is 2.13. The fraction of sp³-hybridized carbons (Fsp3) is 0.214. The molecule has 0 amide bonds. The van der Waals surface area contributed by atoms with Crippen molar-refractivity contribution in [3.8, 4) is 11.5 Å². The Balaban J connectivity index is 2.17. The molecular formula is C14H14O2S. The molecule has 2 rings (SSSR count). The van der Waals surface area contributed by atoms with Crippen molar-refractivity contribution < 1.29 is 9.53 Å². The molecule has 0 aliphatic carbocycles. The van der Waals surface area contributed by atoms with Gasteiger partial charge < -0.3 is 4.74 Å². The molecular weight excluding hydrogens is 232 g/mol. The number of aldehydes is 1. The van der Waals surface area contributed by atoms with Crippen LogP contribution in [-0.4, -0.2) is 6.29 Å². The second-order valence-corrected chi connectivity index (χ2v) is 5.07. The van der Waals surface area contributed by atoms with Gasteiger partial charge in [-0.05, 0) is 23.6 Å². The van der Waals surface area contributed by atoms with Crippen molar-refractivity contribution in [1.29, 1.82) is 0 Å². The van der Waals surface area contributed by atoms with Gasteiger partial charge in [0.25, 0.3) is 0 Å². The number of ether oxygens (including phenoxy) is 1. The molecule has 2 aromatic rings. The van der Waals surface area contributed by atoms with Gasteiger partial charge in [-0.25, -0.2) is 0 Å². The summed E-state index contributed by atoms with van der Waals surface area (Å²) in [5.74, 6) is 2.01. The Bertz CT molecular complexity index is 514. The topological polar surface area (TPSA) is 26.3 Å². The van der Waals surface area contributed by atoms with Crippen molar-refractivity contribution in [2.24, 2.45) is 0 Å². The van der Waals surface area contributed by atoms with E-state index in [1.54, 1.807) is 6.07 Å². The van der Waals surface area contributed by atoms with E-state index in [9.17, 15) is 4.79 Å². The third-order valence-electron chi connectivity index (χ3n) is 2.47. The van der Waals surface area contributed by atoms with Gasteiger partial charge in [-0.2, -0.15) is 0 Å². The van der Waals surface area contributed by atoms with Gasteiger partial charge >= 0.3 is 0 Å². The molecule has 0 bridgehead atoms. The van der Waals surface area contributed by atoms with Gasteiger partial charge in [-0.1, -0.05) is 26.0 Å². The van der Waals surface area contributed by atoms with Crippen molar-refractivity contribution in [1.82, 2.24) is 0 Å². The largest absolute Gasteiger partial charge is 0.456 e. The van der Waals surface area contributed by atoms with Gasteiger partial charge in [0, 0.05) is 11.4 Å². The summed E-state index contributed by atoms with van der Waals surface area (Å²) in [6, 6.07) is 9.77. The molecule has 0 saturated carbocycles. The summed E-state index contributed by atoms with van der Waals surface area (Å²) in [6.07, 6.45) is 0.835. The van der Waals surface area contributed by atoms with Crippen LogP contribution in [0.25, 0.3) is 0 Å². The summed E-state index contributed by atoms with van der Waals surface area (Å²) >= 11 is 1.39. The summed E-state index contributed by atoms with van der Waals surface area (Å²) in [7, 11) is 0. The van der Waals surface area contributed by atoms with E-state index in [1.165, 1.54) is 16.9 Å². The highest BCUT2D eigenvalue weighted by atomic mass is 32.1. The number of benzene rings is 1. The highest BCUT2D eigenvalue weighted by Gasteiger charge is 2.04. The molecule has 3 heteroatoms. The maximum atomic E-state index is 10.6. The SMILES string of the molecule is CC(C)c1cccc(Oc2csc(C=O)c2)c1. The van der Waals surface area contributed by atoms with E-state index in [2.05, 4.69) is 19.9 Å². The lowest BCUT2D eigenvalue weighted by Gasteiger charge is -2.08. The molecule has 0 atom stereocenters. The highest BCUT2D eigenvalue weighted by molar-refractivity contribution is 7.11. The first-order valence-electron chi connectivity index (χ1n) is 5.50. The third kappa shape index (κ3) is 2.94. The zero-order chi connectivity index (χ0) is 12.3. The quantitative estimate of drug-likeness (QED) is 0.744. The Labute approximate surface area is 105 Å². The van der Waals surface area contributed by atoms with Crippen LogP contribution in [0.2, 0.25) is 0 Å². The predicted molar refractivity (Wildman–Crippen MR) is 70.3 cm³/mol. The van der Waals surface area contributed by atoms with E-state index in [0.29, 0.717) is 10.8 Å². The van der Waals surface area contributed by atoms with Crippen molar-refractivity contribution in [2.75, 3.05) is 0 Å². The molecule has 88 valence electrons. The van der Waals surface area contributed by atoms with Gasteiger partial charge in [-0.3, -0.25) is 4.79 Å². The number of rotatable bonds is 4. The number of thiophene rings is 1. The molecule has 0 fully saturated rings. The average molecular weight is 246 g/mol. The third-order valence-corrected chi connectivity index (χ3v) is 3.31. The maximum absolute atomic E-state index is 10.6. The molecule has 0 N–H and O–H groups in total. The van der Waals surface area contributed by atoms with Crippen molar-refractivity contribution in [3.05, 3.63) is 46.2 Å². The minimum absolute atomic E-state index is 0.478. The first-order chi connectivity index (χ1) is 8.19. The Morgan fingerprint density at radius 3 is 2.71 bits per heavy atom. The first-order valence-corrected chi connectivity index (χ1v) is 6.38. The lowest BCUT2D eigenvalue weighted by molar-refractivity contribution is 0.112. The van der Waals surface area contributed by atoms with Crippen LogP contribution < -0.4 is 4.74 Å². The van der Waals surface area contributed by atoms with Crippen LogP contribution in [0.4, 0.5) is 0 Å². The lowest BCUT2D eigenvalue weighted by Crippen LogP contribution is -1.88. The van der Waals surface area contributed by atoms with Crippen LogP contribution in [-0.2, 0) is 0 Å². The fourth-order valence-electron chi connectivity index (χ4n) is 1.52. The number of hydrogen-bond acceptors (Lipinski definition) is 3. The molecule has 1 aromatic heterocycles. The number of carbonyl (C=O) groups is 1. The van der Waals surface area contributed by atoms with E-state index >= 15 is 0 Å². The van der Waals surface area contributed by atoms with E-state index in [-0.39, 0.29) is 0 Å². The Hall–Kier alpha value is -1.61. The standard InChI is InChI=1S/C14H14O2S/c1-10(2)11-4-3-5-12(6-11)16-13-7-14(8-15)17-9-13/h3-10H,1-2H3. The Kier molecular flexibility index (Phi) is 3.59. The second-order valence-electron chi connectivity index (χ2n) is 4.13. The normalized spacial score (nSPS) is 10.5. The zero-order valence-corrected chi connectivity index (χ0v) is 10.7. The van der Waals surface area contributed by atoms with Crippen LogP contribution in [0.5, 0.6) is 11.5 Å². The number of hydrogen-bond donors (Lipinski definition) is 0. The predicted octanol–water partition coefficient (Wildman–Crippen LogP) is 4.48. The molecule has 0 unspecified atom stereocenters. The summed E-state index contributed by atoms with van der Waals surface area (Å²) < 4.78 is 5.70. The number of carbonyl (C=O) groups excluding carboxylic acids is 1. The molecule has 0 aliphatic rings. The van der Waals surface area contributed by atoms with Gasteiger partial charge in [0.15, 0.2) is 6.29 Å². The molecule has 1 aromatic carbocycles. The van der Waals surface area contributed by atoms with E-state index in [1.807, 2.05) is 23.6 Å². The van der Waals surface area contributed by atoms with E-state index in [4.69, 9.17) is 4.74 Å². The van der Waals surface area contributed by atoms with Gasteiger partial charge in [0.2, 0.25) is 0 Å². The monoisotopic (exact) mass is 246 g/mol. The van der Waals surface area contributed by atoms with Crippen molar-refractivity contribution in [2.45, 2.75) is 19.8 Å². The lowest BCUT2D eigenvalue weighted by atomic mass is 10.0. The summed E-state index contributed by atoms with van der Waals surface area (Å²) in [5, 5.41) is 1.84. The van der Waals surface area contributed by atoms with Crippen LogP contribution in [0.15, 0.2) is 35.7 Å². The molecule has 0 aliphatic heterocycles. The smallest absolute Gasteiger partial charge is 0.160 e. The molecule has 2 nitrogen and oxygen atoms in total. The highest BCUT2D eigenvalue weighted by Crippen LogP contribution is 2.28. The van der Waals surface area contributed by atoms with Crippen LogP contribution in [0.1, 0.15) is 35.0 Å². The molecule has 0 spiro atoms. The van der Waals surface area contributed by atoms with Gasteiger partial charge in [0.1, 0.15) is 11.5 Å². The minimum Gasteiger partial charge on any atom is -0.456 e. The molecule has 1 heterocycles. The maximum Gasteiger partial charge on any atom is 0.160 e. The first kappa shape index (κ1) is 11.9. The van der Waals surface area contributed by atoms with E-state index in [0.717, 1.165) is 17.8 Å². The second kappa shape index (κ2) is 5.15. The van der Waals surface area contributed by atoms with Crippen LogP contribution in [0.3, 0.4) is 0 Å². The summed E-state index contributed by atoms with van der Waals surface area (Å²) in [5.41, 5.74) is 1.24. The van der Waals surface area contributed by atoms with Gasteiger partial charge in [-0.15, -0.1) is 11.3 Å². The Morgan fingerprint density at radius 2 is 2.06 bits per heavy atom. The van der Waals surface area contributed by atoms with Crippen LogP contribution >= 0.6 is 11.3 Å². The molecule has 0 radical (unpaired) electrons. The molecule has 0 saturated heterocycles. The van der Waals surface area contributed by atoms with Gasteiger partial charge in [0.05, 0.1) is 4.88 Å². The van der Waals surface area contributed by atoms with Crippen molar-refractivity contribution >= 4 is 17.6 Å². The zero-order valence-electron chi connectivity index (χ0n) is 9.84. The summed E-state index contributed by atoms with van der Waals surface area (Å²) in [6.45, 7) is 4.29. The van der Waals surface area contributed by atoms with E-state index < -0.39 is 0 Å². The summed E-state index contributed by atoms with van der Waals surface area (Å²) in [4.78, 5) is 11.3. The van der Waals surface area contributed by atoms with Crippen LogP contribution in [0, 0.1) is 0 Å². The van der Waals surface area contributed by atoms with Crippen molar-refractivity contribution in [3.63, 3.8) is 0 Å².